The molecule has 134 valence electrons. The average molecular weight is 404 g/mol. The van der Waals surface area contributed by atoms with E-state index < -0.39 is 0 Å². The van der Waals surface area contributed by atoms with Crippen LogP contribution < -0.4 is 15.5 Å². The molecule has 0 aliphatic carbocycles. The lowest BCUT2D eigenvalue weighted by molar-refractivity contribution is 0.262. The number of nitrogens with zero attached hydrogens (tertiary/aromatic N) is 1. The van der Waals surface area contributed by atoms with Crippen molar-refractivity contribution in [2.45, 2.75) is 6.42 Å². The van der Waals surface area contributed by atoms with Crippen molar-refractivity contribution in [3.8, 4) is 0 Å². The first-order valence-corrected chi connectivity index (χ1v) is 10.6. The minimum Gasteiger partial charge on any atom is -0.366 e. The molecule has 0 fully saturated rings. The van der Waals surface area contributed by atoms with Crippen molar-refractivity contribution in [3.63, 3.8) is 0 Å². The molecule has 2 aliphatic rings. The summed E-state index contributed by atoms with van der Waals surface area (Å²) in [5.74, 6) is 0.857. The number of fused-ring (bicyclic) bond motifs is 1. The zero-order valence-electron chi connectivity index (χ0n) is 14.0. The summed E-state index contributed by atoms with van der Waals surface area (Å²) in [6.07, 6.45) is 5.09. The molecule has 0 atom stereocenters. The van der Waals surface area contributed by atoms with Crippen LogP contribution in [-0.4, -0.2) is 24.9 Å². The van der Waals surface area contributed by atoms with Gasteiger partial charge in [-0.1, -0.05) is 11.6 Å². The highest BCUT2D eigenvalue weighted by Gasteiger charge is 2.21. The summed E-state index contributed by atoms with van der Waals surface area (Å²) in [5, 5.41) is 10.5. The molecule has 0 spiro atoms. The van der Waals surface area contributed by atoms with Crippen LogP contribution in [0.3, 0.4) is 0 Å². The summed E-state index contributed by atoms with van der Waals surface area (Å²) in [4.78, 5) is 15.8. The van der Waals surface area contributed by atoms with E-state index in [0.717, 1.165) is 41.7 Å². The van der Waals surface area contributed by atoms with Crippen LogP contribution >= 0.6 is 34.7 Å². The fourth-order valence-electron chi connectivity index (χ4n) is 3.07. The lowest BCUT2D eigenvalue weighted by Crippen LogP contribution is -2.23. The number of carbonyl (C=O) groups excluding carboxylic acids is 1. The second kappa shape index (κ2) is 7.78. The minimum atomic E-state index is -0.217. The first-order chi connectivity index (χ1) is 12.7. The SMILES string of the molecule is O=C(Nc1ccsc1)Nc1ccc2c(c1)CCN2CC1=CC=C(Cl)CS1. The molecule has 2 aromatic rings. The summed E-state index contributed by atoms with van der Waals surface area (Å²) in [5.41, 5.74) is 4.15. The molecule has 4 nitrogen and oxygen atoms in total. The predicted molar refractivity (Wildman–Crippen MR) is 114 cm³/mol. The summed E-state index contributed by atoms with van der Waals surface area (Å²) < 4.78 is 0. The zero-order valence-corrected chi connectivity index (χ0v) is 16.4. The smallest absolute Gasteiger partial charge is 0.323 e. The maximum atomic E-state index is 12.1. The Balaban J connectivity index is 1.41. The molecule has 7 heteroatoms. The standard InChI is InChI=1S/C19H18ClN3OS2/c20-14-1-3-17(26-11-14)10-23-7-5-13-9-15(2-4-18(13)23)21-19(24)22-16-6-8-25-12-16/h1-4,6,8-9,12H,5,7,10-11H2,(H2,21,22,24). The second-order valence-electron chi connectivity index (χ2n) is 6.14. The van der Waals surface area contributed by atoms with Gasteiger partial charge < -0.3 is 15.5 Å². The van der Waals surface area contributed by atoms with Crippen LogP contribution in [0.4, 0.5) is 21.9 Å². The number of hydrogen-bond donors (Lipinski definition) is 2. The third-order valence-corrected chi connectivity index (χ3v) is 6.49. The summed E-state index contributed by atoms with van der Waals surface area (Å²) in [6.45, 7) is 1.90. The summed E-state index contributed by atoms with van der Waals surface area (Å²) in [7, 11) is 0. The van der Waals surface area contributed by atoms with Gasteiger partial charge in [-0.15, -0.1) is 11.8 Å². The monoisotopic (exact) mass is 403 g/mol. The number of allylic oxidation sites excluding steroid dienone is 2. The van der Waals surface area contributed by atoms with Crippen molar-refractivity contribution in [1.82, 2.24) is 0 Å². The van der Waals surface area contributed by atoms with Gasteiger partial charge in [-0.25, -0.2) is 4.79 Å². The molecular weight excluding hydrogens is 386 g/mol. The number of thiophene rings is 1. The van der Waals surface area contributed by atoms with Gasteiger partial charge in [0.15, 0.2) is 0 Å². The molecule has 0 radical (unpaired) electrons. The Morgan fingerprint density at radius 2 is 2.08 bits per heavy atom. The molecular formula is C19H18ClN3OS2. The molecule has 4 rings (SSSR count). The molecule has 1 aromatic heterocycles. The minimum absolute atomic E-state index is 0.217. The third kappa shape index (κ3) is 4.09. The number of benzene rings is 1. The first kappa shape index (κ1) is 17.5. The quantitative estimate of drug-likeness (QED) is 0.707. The number of rotatable bonds is 4. The number of urea groups is 1. The number of hydrogen-bond acceptors (Lipinski definition) is 4. The maximum absolute atomic E-state index is 12.1. The Kier molecular flexibility index (Phi) is 5.24. The number of amides is 2. The van der Waals surface area contributed by atoms with Gasteiger partial charge in [-0.2, -0.15) is 11.3 Å². The Hall–Kier alpha value is -1.89. The van der Waals surface area contributed by atoms with Crippen molar-refractivity contribution in [2.75, 3.05) is 34.4 Å². The third-order valence-electron chi connectivity index (χ3n) is 4.30. The number of thioether (sulfide) groups is 1. The maximum Gasteiger partial charge on any atom is 0.323 e. The fourth-order valence-corrected chi connectivity index (χ4v) is 4.71. The van der Waals surface area contributed by atoms with Crippen LogP contribution in [0.15, 0.2) is 57.1 Å². The van der Waals surface area contributed by atoms with E-state index in [9.17, 15) is 4.79 Å². The second-order valence-corrected chi connectivity index (χ2v) is 8.51. The molecule has 2 aliphatic heterocycles. The van der Waals surface area contributed by atoms with E-state index in [0.29, 0.717) is 0 Å². The predicted octanol–water partition coefficient (Wildman–Crippen LogP) is 5.51. The topological polar surface area (TPSA) is 44.4 Å². The highest BCUT2D eigenvalue weighted by Crippen LogP contribution is 2.34. The van der Waals surface area contributed by atoms with Gasteiger partial charge in [-0.3, -0.25) is 0 Å². The van der Waals surface area contributed by atoms with Gasteiger partial charge in [0.2, 0.25) is 0 Å². The van der Waals surface area contributed by atoms with Gasteiger partial charge in [0, 0.05) is 45.5 Å². The molecule has 3 heterocycles. The van der Waals surface area contributed by atoms with Crippen molar-refractivity contribution in [1.29, 1.82) is 0 Å². The van der Waals surface area contributed by atoms with Crippen LogP contribution in [0.1, 0.15) is 5.56 Å². The van der Waals surface area contributed by atoms with Crippen LogP contribution in [0.5, 0.6) is 0 Å². The lowest BCUT2D eigenvalue weighted by Gasteiger charge is -2.22. The Labute approximate surface area is 165 Å². The lowest BCUT2D eigenvalue weighted by atomic mass is 10.1. The summed E-state index contributed by atoms with van der Waals surface area (Å²) >= 11 is 9.38. The average Bonchev–Trinajstić information content (AvgIpc) is 3.27. The Morgan fingerprint density at radius 1 is 1.19 bits per heavy atom. The van der Waals surface area contributed by atoms with Crippen molar-refractivity contribution in [3.05, 3.63) is 62.7 Å². The van der Waals surface area contributed by atoms with Gasteiger partial charge in [0.05, 0.1) is 5.69 Å². The van der Waals surface area contributed by atoms with Crippen molar-refractivity contribution >= 4 is 57.8 Å². The fraction of sp³-hybridized carbons (Fsp3) is 0.211. The highest BCUT2D eigenvalue weighted by molar-refractivity contribution is 8.03. The molecule has 0 bridgehead atoms. The molecule has 0 saturated heterocycles. The normalized spacial score (nSPS) is 16.0. The number of anilines is 3. The van der Waals surface area contributed by atoms with E-state index in [-0.39, 0.29) is 6.03 Å². The van der Waals surface area contributed by atoms with Crippen LogP contribution in [-0.2, 0) is 6.42 Å². The van der Waals surface area contributed by atoms with Crippen molar-refractivity contribution in [2.24, 2.45) is 0 Å². The van der Waals surface area contributed by atoms with E-state index in [2.05, 4.69) is 33.7 Å². The van der Waals surface area contributed by atoms with E-state index >= 15 is 0 Å². The summed E-state index contributed by atoms with van der Waals surface area (Å²) in [6, 6.07) is 7.79. The number of nitrogens with one attached hydrogen (secondary N) is 2. The molecule has 2 amide bonds. The number of halogens is 1. The highest BCUT2D eigenvalue weighted by atomic mass is 35.5. The van der Waals surface area contributed by atoms with Crippen LogP contribution in [0.2, 0.25) is 0 Å². The van der Waals surface area contributed by atoms with Gasteiger partial charge in [0.1, 0.15) is 0 Å². The Morgan fingerprint density at radius 3 is 2.85 bits per heavy atom. The molecule has 26 heavy (non-hydrogen) atoms. The van der Waals surface area contributed by atoms with Gasteiger partial charge in [-0.05, 0) is 53.8 Å². The first-order valence-electron chi connectivity index (χ1n) is 8.33. The van der Waals surface area contributed by atoms with E-state index in [1.165, 1.54) is 16.2 Å². The Bertz CT molecular complexity index is 877. The largest absolute Gasteiger partial charge is 0.366 e. The van der Waals surface area contributed by atoms with E-state index in [1.54, 1.807) is 23.1 Å². The zero-order chi connectivity index (χ0) is 17.9. The van der Waals surface area contributed by atoms with E-state index in [4.69, 9.17) is 11.6 Å². The van der Waals surface area contributed by atoms with Gasteiger partial charge >= 0.3 is 6.03 Å². The molecule has 0 saturated carbocycles. The molecule has 0 unspecified atom stereocenters. The van der Waals surface area contributed by atoms with Crippen molar-refractivity contribution < 1.29 is 4.79 Å². The van der Waals surface area contributed by atoms with Gasteiger partial charge in [0.25, 0.3) is 0 Å². The van der Waals surface area contributed by atoms with Crippen LogP contribution in [0, 0.1) is 0 Å². The van der Waals surface area contributed by atoms with E-state index in [1.807, 2.05) is 29.0 Å². The number of carbonyl (C=O) groups is 1. The molecule has 1 aromatic carbocycles. The molecule has 2 N–H and O–H groups in total. The van der Waals surface area contributed by atoms with Crippen LogP contribution in [0.25, 0.3) is 0 Å².